The van der Waals surface area contributed by atoms with Gasteiger partial charge in [-0.15, -0.1) is 4.52 Å². The van der Waals surface area contributed by atoms with Crippen LogP contribution >= 0.6 is 31.4 Å². The van der Waals surface area contributed by atoms with E-state index in [1.54, 1.807) is 6.92 Å². The number of aromatic amines is 1. The Morgan fingerprint density at radius 3 is 2.73 bits per heavy atom. The van der Waals surface area contributed by atoms with Crippen molar-refractivity contribution < 1.29 is 37.9 Å². The molecule has 202 valence electrons. The van der Waals surface area contributed by atoms with Gasteiger partial charge in [0.05, 0.1) is 11.6 Å². The fourth-order valence-corrected chi connectivity index (χ4v) is 4.62. The van der Waals surface area contributed by atoms with E-state index in [-0.39, 0.29) is 22.4 Å². The van der Waals surface area contributed by atoms with Gasteiger partial charge in [-0.2, -0.15) is 0 Å². The highest BCUT2D eigenvalue weighted by Gasteiger charge is 2.59. The first kappa shape index (κ1) is 29.2. The molecule has 1 fully saturated rings. The molecule has 2 heterocycles. The van der Waals surface area contributed by atoms with Gasteiger partial charge in [-0.1, -0.05) is 27.9 Å². The van der Waals surface area contributed by atoms with Crippen molar-refractivity contribution in [1.29, 1.82) is 0 Å². The zero-order valence-corrected chi connectivity index (χ0v) is 22.1. The fraction of sp³-hybridized carbons (Fsp3) is 0.476. The molecule has 7 atom stereocenters. The molecule has 0 saturated carbocycles. The number of aliphatic hydroxyl groups is 1. The molecule has 1 aliphatic heterocycles. The van der Waals surface area contributed by atoms with E-state index >= 15 is 4.39 Å². The van der Waals surface area contributed by atoms with Gasteiger partial charge in [0.15, 0.2) is 24.0 Å². The number of nitrogens with one attached hydrogen (secondary N) is 1. The van der Waals surface area contributed by atoms with Gasteiger partial charge in [0, 0.05) is 17.3 Å². The zero-order chi connectivity index (χ0) is 27.5. The number of rotatable bonds is 9. The first-order valence-electron chi connectivity index (χ1n) is 10.8. The number of aromatic nitrogens is 2. The Hall–Kier alpha value is -2.38. The number of H-pyrrole nitrogens is 1. The third kappa shape index (κ3) is 6.74. The third-order valence-electron chi connectivity index (χ3n) is 5.26. The SMILES string of the molecule is CCOC(=O)C(C)N=[P+]([O-])OC(Oc1ccc(Cl)cc1Cl)[C@@H]1O[C@@H](n2ccc(=O)[nH]c2=O)[C@](C)(F)[C@@H]1O. The molecule has 16 heteroatoms. The zero-order valence-electron chi connectivity index (χ0n) is 19.7. The first-order chi connectivity index (χ1) is 17.3. The van der Waals surface area contributed by atoms with Crippen molar-refractivity contribution in [3.63, 3.8) is 0 Å². The molecule has 2 N–H and O–H groups in total. The van der Waals surface area contributed by atoms with Crippen LogP contribution in [0.2, 0.25) is 10.0 Å². The smallest absolute Gasteiger partial charge is 0.346 e. The highest BCUT2D eigenvalue weighted by Crippen LogP contribution is 2.44. The first-order valence-corrected chi connectivity index (χ1v) is 12.7. The standard InChI is InChI=1S/C21H23Cl2FN3O9P/c1-4-33-17(30)10(2)26-37(32)36-18(34-13-6-5-11(22)9-12(13)23)15-16(29)21(3,24)19(35-15)27-8-7-14(28)25-20(27)31/h5-10,15-16,18-19,29H,4H2,1-3H3,(H,25,28,31)/t10?,15-,16-,18?,19-,21-/m1/s1. The maximum absolute atomic E-state index is 15.7. The van der Waals surface area contributed by atoms with Gasteiger partial charge in [0.1, 0.15) is 11.9 Å². The van der Waals surface area contributed by atoms with Crippen LogP contribution in [-0.4, -0.2) is 57.4 Å². The number of benzene rings is 1. The number of halogens is 3. The molecule has 0 amide bonds. The van der Waals surface area contributed by atoms with Crippen LogP contribution in [0.3, 0.4) is 0 Å². The second-order valence-electron chi connectivity index (χ2n) is 8.01. The summed E-state index contributed by atoms with van der Waals surface area (Å²) < 4.78 is 41.6. The van der Waals surface area contributed by atoms with E-state index in [2.05, 4.69) is 4.74 Å². The Morgan fingerprint density at radius 1 is 1.41 bits per heavy atom. The predicted molar refractivity (Wildman–Crippen MR) is 128 cm³/mol. The molecule has 1 saturated heterocycles. The summed E-state index contributed by atoms with van der Waals surface area (Å²) in [5, 5.41) is 11.1. The van der Waals surface area contributed by atoms with Crippen LogP contribution in [0.4, 0.5) is 4.39 Å². The molecule has 0 aliphatic carbocycles. The van der Waals surface area contributed by atoms with Crippen LogP contribution in [0.5, 0.6) is 5.75 Å². The van der Waals surface area contributed by atoms with Crippen molar-refractivity contribution in [2.24, 2.45) is 4.74 Å². The molecular formula is C21H23Cl2FN3O9P. The topological polar surface area (TPSA) is 164 Å². The van der Waals surface area contributed by atoms with Crippen molar-refractivity contribution in [1.82, 2.24) is 9.55 Å². The van der Waals surface area contributed by atoms with E-state index in [0.29, 0.717) is 0 Å². The highest BCUT2D eigenvalue weighted by atomic mass is 35.5. The number of carbonyl (C=O) groups excluding carboxylic acids is 1. The largest absolute Gasteiger partial charge is 0.583 e. The number of alkyl halides is 1. The third-order valence-corrected chi connectivity index (χ3v) is 6.71. The maximum atomic E-state index is 15.7. The molecule has 0 bridgehead atoms. The highest BCUT2D eigenvalue weighted by molar-refractivity contribution is 7.33. The molecule has 1 aliphatic rings. The number of ether oxygens (including phenoxy) is 3. The summed E-state index contributed by atoms with van der Waals surface area (Å²) in [5.41, 5.74) is -4.35. The Bertz CT molecular complexity index is 1290. The average molecular weight is 582 g/mol. The number of hydrogen-bond acceptors (Lipinski definition) is 10. The van der Waals surface area contributed by atoms with Crippen LogP contribution in [0.15, 0.2) is 44.8 Å². The second kappa shape index (κ2) is 12.0. The lowest BCUT2D eigenvalue weighted by Crippen LogP contribution is -2.46. The summed E-state index contributed by atoms with van der Waals surface area (Å²) >= 11 is 12.1. The van der Waals surface area contributed by atoms with Crippen molar-refractivity contribution in [3.8, 4) is 5.75 Å². The van der Waals surface area contributed by atoms with Crippen molar-refractivity contribution >= 4 is 37.3 Å². The molecular weight excluding hydrogens is 559 g/mol. The Kier molecular flexibility index (Phi) is 9.46. The van der Waals surface area contributed by atoms with Gasteiger partial charge in [-0.05, 0) is 39.0 Å². The number of esters is 1. The van der Waals surface area contributed by atoms with E-state index in [4.69, 9.17) is 41.9 Å². The summed E-state index contributed by atoms with van der Waals surface area (Å²) in [4.78, 5) is 50.2. The minimum Gasteiger partial charge on any atom is -0.583 e. The summed E-state index contributed by atoms with van der Waals surface area (Å²) in [6.07, 6.45) is -6.27. The Labute approximate surface area is 220 Å². The van der Waals surface area contributed by atoms with Gasteiger partial charge < -0.3 is 24.2 Å². The van der Waals surface area contributed by atoms with Crippen LogP contribution in [0.1, 0.15) is 27.0 Å². The monoisotopic (exact) mass is 581 g/mol. The van der Waals surface area contributed by atoms with E-state index in [1.807, 2.05) is 4.98 Å². The summed E-state index contributed by atoms with van der Waals surface area (Å²) in [6, 6.07) is 3.87. The number of carbonyl (C=O) groups is 1. The maximum Gasteiger partial charge on any atom is 0.346 e. The van der Waals surface area contributed by atoms with Crippen LogP contribution in [-0.2, 0) is 18.8 Å². The fourth-order valence-electron chi connectivity index (χ4n) is 3.40. The number of aliphatic hydroxyl groups excluding tert-OH is 1. The molecule has 0 radical (unpaired) electrons. The second-order valence-corrected chi connectivity index (χ2v) is 9.78. The quantitative estimate of drug-likeness (QED) is 0.256. The molecule has 0 spiro atoms. The predicted octanol–water partition coefficient (Wildman–Crippen LogP) is 2.06. The molecule has 12 nitrogen and oxygen atoms in total. The molecule has 1 aromatic heterocycles. The van der Waals surface area contributed by atoms with Crippen LogP contribution in [0.25, 0.3) is 0 Å². The molecule has 2 aromatic rings. The molecule has 3 unspecified atom stereocenters. The van der Waals surface area contributed by atoms with Crippen molar-refractivity contribution in [3.05, 3.63) is 61.3 Å². The summed E-state index contributed by atoms with van der Waals surface area (Å²) in [5.74, 6) is -0.822. The Morgan fingerprint density at radius 2 is 2.11 bits per heavy atom. The molecule has 1 aromatic carbocycles. The number of hydrogen-bond donors (Lipinski definition) is 2. The van der Waals surface area contributed by atoms with E-state index in [1.165, 1.54) is 25.1 Å². The van der Waals surface area contributed by atoms with Crippen molar-refractivity contribution in [2.45, 2.75) is 57.2 Å². The van der Waals surface area contributed by atoms with Gasteiger partial charge in [0.2, 0.25) is 0 Å². The minimum absolute atomic E-state index is 0.00272. The lowest BCUT2D eigenvalue weighted by atomic mass is 9.98. The molecule has 3 rings (SSSR count). The lowest BCUT2D eigenvalue weighted by molar-refractivity contribution is -0.206. The van der Waals surface area contributed by atoms with E-state index in [0.717, 1.165) is 23.8 Å². The number of nitrogens with zero attached hydrogens (tertiary/aromatic N) is 2. The summed E-state index contributed by atoms with van der Waals surface area (Å²) in [6.45, 7) is 3.93. The van der Waals surface area contributed by atoms with Gasteiger partial charge in [-0.3, -0.25) is 14.3 Å². The Balaban J connectivity index is 1.97. The van der Waals surface area contributed by atoms with E-state index in [9.17, 15) is 24.4 Å². The summed E-state index contributed by atoms with van der Waals surface area (Å²) in [7, 11) is -3.01. The van der Waals surface area contributed by atoms with Gasteiger partial charge in [0.25, 0.3) is 11.8 Å². The van der Waals surface area contributed by atoms with Gasteiger partial charge in [-0.25, -0.2) is 14.0 Å². The van der Waals surface area contributed by atoms with Crippen LogP contribution in [0, 0.1) is 0 Å². The minimum atomic E-state index is -3.01. The van der Waals surface area contributed by atoms with Gasteiger partial charge >= 0.3 is 19.8 Å². The average Bonchev–Trinajstić information content (AvgIpc) is 3.04. The van der Waals surface area contributed by atoms with E-state index < -0.39 is 61.8 Å². The molecule has 37 heavy (non-hydrogen) atoms. The van der Waals surface area contributed by atoms with Crippen LogP contribution < -0.4 is 20.9 Å². The van der Waals surface area contributed by atoms with Crippen molar-refractivity contribution in [2.75, 3.05) is 6.61 Å². The lowest BCUT2D eigenvalue weighted by Gasteiger charge is -2.25. The normalized spacial score (nSPS) is 25.5.